The molecule has 3 heteroatoms. The summed E-state index contributed by atoms with van der Waals surface area (Å²) >= 11 is 0. The van der Waals surface area contributed by atoms with Crippen molar-refractivity contribution in [2.75, 3.05) is 4.90 Å². The van der Waals surface area contributed by atoms with Crippen LogP contribution < -0.4 is 4.90 Å². The number of para-hydroxylation sites is 4. The SMILES string of the molecule is c1ccc(-c2ccccc2N(c2ccc(-c3cccc(-n4c5ccccc5c5ccccc54)c3)cc2)c2cccc(-c3cccc4oc5ccccc5c34)c2)cc1. The van der Waals surface area contributed by atoms with Crippen molar-refractivity contribution in [3.8, 4) is 39.1 Å². The quantitative estimate of drug-likeness (QED) is 0.163. The molecule has 0 atom stereocenters. The van der Waals surface area contributed by atoms with Crippen LogP contribution in [0.4, 0.5) is 17.1 Å². The van der Waals surface area contributed by atoms with Gasteiger partial charge < -0.3 is 13.9 Å². The van der Waals surface area contributed by atoms with E-state index in [0.717, 1.165) is 66.9 Å². The van der Waals surface area contributed by atoms with E-state index in [-0.39, 0.29) is 0 Å². The van der Waals surface area contributed by atoms with Gasteiger partial charge in [-0.15, -0.1) is 0 Å². The molecule has 2 heterocycles. The molecule has 0 spiro atoms. The zero-order chi connectivity index (χ0) is 37.7. The summed E-state index contributed by atoms with van der Waals surface area (Å²) in [6, 6.07) is 78.1. The predicted octanol–water partition coefficient (Wildman–Crippen LogP) is 15.2. The molecule has 0 fully saturated rings. The largest absolute Gasteiger partial charge is 0.456 e. The van der Waals surface area contributed by atoms with Crippen molar-refractivity contribution in [2.24, 2.45) is 0 Å². The van der Waals surface area contributed by atoms with E-state index in [1.807, 2.05) is 12.1 Å². The number of furan rings is 1. The van der Waals surface area contributed by atoms with E-state index >= 15 is 0 Å². The van der Waals surface area contributed by atoms with E-state index in [4.69, 9.17) is 4.42 Å². The van der Waals surface area contributed by atoms with Gasteiger partial charge >= 0.3 is 0 Å². The van der Waals surface area contributed by atoms with Crippen molar-refractivity contribution >= 4 is 60.8 Å². The van der Waals surface area contributed by atoms with Crippen LogP contribution in [0.2, 0.25) is 0 Å². The second-order valence-corrected chi connectivity index (χ2v) is 14.5. The molecule has 0 saturated heterocycles. The molecule has 0 bridgehead atoms. The Labute approximate surface area is 330 Å². The van der Waals surface area contributed by atoms with Crippen molar-refractivity contribution in [2.45, 2.75) is 0 Å². The Morgan fingerprint density at radius 2 is 0.947 bits per heavy atom. The maximum absolute atomic E-state index is 6.30. The summed E-state index contributed by atoms with van der Waals surface area (Å²) in [7, 11) is 0. The zero-order valence-corrected chi connectivity index (χ0v) is 31.1. The predicted molar refractivity (Wildman–Crippen MR) is 239 cm³/mol. The molecule has 0 radical (unpaired) electrons. The highest BCUT2D eigenvalue weighted by Crippen LogP contribution is 2.44. The summed E-state index contributed by atoms with van der Waals surface area (Å²) in [5.74, 6) is 0. The fourth-order valence-electron chi connectivity index (χ4n) is 8.61. The monoisotopic (exact) mass is 728 g/mol. The maximum atomic E-state index is 6.30. The minimum absolute atomic E-state index is 0.892. The molecular weight excluding hydrogens is 693 g/mol. The fraction of sp³-hybridized carbons (Fsp3) is 0. The number of fused-ring (bicyclic) bond motifs is 6. The zero-order valence-electron chi connectivity index (χ0n) is 31.1. The molecule has 0 aliphatic heterocycles. The van der Waals surface area contributed by atoms with Gasteiger partial charge in [-0.1, -0.05) is 152 Å². The standard InChI is InChI=1S/C54H36N2O/c1-2-15-38(16-3-1)44-21-4-8-26-49(44)55(42-19-13-18-40(36-42)45-25-14-30-53-54(45)48-24-7-11-29-52(48)57-53)41-33-31-37(32-34-41)39-17-12-20-43(35-39)56-50-27-9-5-22-46(50)47-23-6-10-28-51(47)56/h1-36H. The normalized spacial score (nSPS) is 11.5. The molecule has 0 N–H and O–H groups in total. The minimum Gasteiger partial charge on any atom is -0.456 e. The first-order valence-electron chi connectivity index (χ1n) is 19.4. The third kappa shape index (κ3) is 5.60. The van der Waals surface area contributed by atoms with Gasteiger partial charge in [0, 0.05) is 44.2 Å². The smallest absolute Gasteiger partial charge is 0.136 e. The number of aromatic nitrogens is 1. The van der Waals surface area contributed by atoms with Gasteiger partial charge in [-0.3, -0.25) is 0 Å². The number of hydrogen-bond donors (Lipinski definition) is 0. The molecule has 9 aromatic carbocycles. The molecule has 57 heavy (non-hydrogen) atoms. The molecule has 11 rings (SSSR count). The van der Waals surface area contributed by atoms with Crippen molar-refractivity contribution in [1.29, 1.82) is 0 Å². The first kappa shape index (κ1) is 32.8. The lowest BCUT2D eigenvalue weighted by atomic mass is 9.97. The molecule has 0 aliphatic carbocycles. The first-order valence-corrected chi connectivity index (χ1v) is 19.4. The number of rotatable bonds is 7. The van der Waals surface area contributed by atoms with Gasteiger partial charge in [0.25, 0.3) is 0 Å². The Kier molecular flexibility index (Phi) is 7.82. The highest BCUT2D eigenvalue weighted by atomic mass is 16.3. The van der Waals surface area contributed by atoms with Gasteiger partial charge in [0.05, 0.1) is 16.7 Å². The average Bonchev–Trinajstić information content (AvgIpc) is 3.84. The number of anilines is 3. The van der Waals surface area contributed by atoms with Crippen LogP contribution in [0.25, 0.3) is 82.8 Å². The number of hydrogen-bond acceptors (Lipinski definition) is 2. The minimum atomic E-state index is 0.892. The van der Waals surface area contributed by atoms with Crippen LogP contribution in [0.1, 0.15) is 0 Å². The van der Waals surface area contributed by atoms with Crippen LogP contribution >= 0.6 is 0 Å². The molecule has 0 unspecified atom stereocenters. The Hall–Kier alpha value is -7.62. The van der Waals surface area contributed by atoms with E-state index in [1.165, 1.54) is 32.9 Å². The van der Waals surface area contributed by atoms with E-state index in [9.17, 15) is 0 Å². The Morgan fingerprint density at radius 1 is 0.351 bits per heavy atom. The van der Waals surface area contributed by atoms with E-state index < -0.39 is 0 Å². The van der Waals surface area contributed by atoms with Crippen LogP contribution in [0.5, 0.6) is 0 Å². The lowest BCUT2D eigenvalue weighted by molar-refractivity contribution is 0.669. The van der Waals surface area contributed by atoms with E-state index in [2.05, 4.69) is 216 Å². The summed E-state index contributed by atoms with van der Waals surface area (Å²) < 4.78 is 8.68. The highest BCUT2D eigenvalue weighted by Gasteiger charge is 2.20. The molecule has 11 aromatic rings. The van der Waals surface area contributed by atoms with Crippen molar-refractivity contribution < 1.29 is 4.42 Å². The first-order chi connectivity index (χ1) is 28.3. The fourth-order valence-corrected chi connectivity index (χ4v) is 8.61. The van der Waals surface area contributed by atoms with Gasteiger partial charge in [0.1, 0.15) is 11.2 Å². The molecule has 0 saturated carbocycles. The van der Waals surface area contributed by atoms with Gasteiger partial charge in [-0.25, -0.2) is 0 Å². The summed E-state index contributed by atoms with van der Waals surface area (Å²) in [6.07, 6.45) is 0. The summed E-state index contributed by atoms with van der Waals surface area (Å²) in [6.45, 7) is 0. The van der Waals surface area contributed by atoms with Crippen molar-refractivity contribution in [1.82, 2.24) is 4.57 Å². The molecule has 0 aliphatic rings. The molecular formula is C54H36N2O. The van der Waals surface area contributed by atoms with Crippen LogP contribution in [-0.4, -0.2) is 4.57 Å². The van der Waals surface area contributed by atoms with E-state index in [1.54, 1.807) is 0 Å². The van der Waals surface area contributed by atoms with E-state index in [0.29, 0.717) is 0 Å². The number of nitrogens with zero attached hydrogens (tertiary/aromatic N) is 2. The lowest BCUT2D eigenvalue weighted by Crippen LogP contribution is -2.11. The van der Waals surface area contributed by atoms with Crippen LogP contribution in [-0.2, 0) is 0 Å². The molecule has 0 amide bonds. The van der Waals surface area contributed by atoms with Gasteiger partial charge in [-0.2, -0.15) is 0 Å². The Bertz CT molecular complexity index is 3190. The Morgan fingerprint density at radius 3 is 1.75 bits per heavy atom. The second kappa shape index (κ2) is 13.6. The highest BCUT2D eigenvalue weighted by molar-refractivity contribution is 6.13. The van der Waals surface area contributed by atoms with Crippen LogP contribution in [0.15, 0.2) is 223 Å². The number of benzene rings is 9. The molecule has 2 aromatic heterocycles. The van der Waals surface area contributed by atoms with Crippen molar-refractivity contribution in [3.05, 3.63) is 218 Å². The topological polar surface area (TPSA) is 21.3 Å². The third-order valence-electron chi connectivity index (χ3n) is 11.2. The summed E-state index contributed by atoms with van der Waals surface area (Å²) in [5.41, 5.74) is 15.5. The van der Waals surface area contributed by atoms with Gasteiger partial charge in [0.2, 0.25) is 0 Å². The third-order valence-corrected chi connectivity index (χ3v) is 11.2. The van der Waals surface area contributed by atoms with Gasteiger partial charge in [-0.05, 0) is 94.5 Å². The van der Waals surface area contributed by atoms with Crippen molar-refractivity contribution in [3.63, 3.8) is 0 Å². The van der Waals surface area contributed by atoms with Crippen LogP contribution in [0.3, 0.4) is 0 Å². The van der Waals surface area contributed by atoms with Crippen LogP contribution in [0, 0.1) is 0 Å². The molecule has 3 nitrogen and oxygen atoms in total. The Balaban J connectivity index is 1.04. The average molecular weight is 729 g/mol. The molecule has 268 valence electrons. The summed E-state index contributed by atoms with van der Waals surface area (Å²) in [5, 5.41) is 4.78. The summed E-state index contributed by atoms with van der Waals surface area (Å²) in [4.78, 5) is 2.39. The van der Waals surface area contributed by atoms with Gasteiger partial charge in [0.15, 0.2) is 0 Å². The second-order valence-electron chi connectivity index (χ2n) is 14.5. The maximum Gasteiger partial charge on any atom is 0.136 e. The lowest BCUT2D eigenvalue weighted by Gasteiger charge is -2.28.